The van der Waals surface area contributed by atoms with Gasteiger partial charge in [0.2, 0.25) is 0 Å². The second-order valence-corrected chi connectivity index (χ2v) is 27.6. The average molecular weight is 1400 g/mol. The van der Waals surface area contributed by atoms with Crippen LogP contribution in [0, 0.1) is 0 Å². The highest BCUT2D eigenvalue weighted by molar-refractivity contribution is 7.47. The summed E-state index contributed by atoms with van der Waals surface area (Å²) < 4.78 is 60.9. The molecule has 5 atom stereocenters. The summed E-state index contributed by atoms with van der Waals surface area (Å²) in [5, 5.41) is 20.6. The number of phosphoric acid groups is 2. The van der Waals surface area contributed by atoms with Crippen molar-refractivity contribution in [1.29, 1.82) is 0 Å². The van der Waals surface area contributed by atoms with Crippen LogP contribution in [0.2, 0.25) is 0 Å². The lowest BCUT2D eigenvalue weighted by molar-refractivity contribution is -0.161. The Hall–Kier alpha value is -4.31. The van der Waals surface area contributed by atoms with E-state index in [0.29, 0.717) is 25.7 Å². The number of ether oxygens (including phenoxy) is 3. The maximum Gasteiger partial charge on any atom is 0.472 e. The summed E-state index contributed by atoms with van der Waals surface area (Å²) in [5.74, 6) is -1.69. The lowest BCUT2D eigenvalue weighted by Crippen LogP contribution is -2.30. The van der Waals surface area contributed by atoms with Gasteiger partial charge in [-0.15, -0.1) is 0 Å². The van der Waals surface area contributed by atoms with Crippen LogP contribution in [0.1, 0.15) is 290 Å². The van der Waals surface area contributed by atoms with Crippen molar-refractivity contribution in [2.45, 2.75) is 309 Å². The van der Waals surface area contributed by atoms with Gasteiger partial charge in [-0.2, -0.15) is 0 Å². The third-order valence-electron chi connectivity index (χ3n) is 15.3. The number of carbonyl (C=O) groups excluding carboxylic acids is 3. The van der Waals surface area contributed by atoms with Crippen LogP contribution in [-0.2, 0) is 55.8 Å². The number of unbranched alkanes of at least 4 members (excludes halogenated alkanes) is 25. The van der Waals surface area contributed by atoms with Crippen LogP contribution >= 0.6 is 15.6 Å². The lowest BCUT2D eigenvalue weighted by atomic mass is 10.0. The summed E-state index contributed by atoms with van der Waals surface area (Å²) in [6.45, 7) is 2.41. The molecule has 0 aliphatic heterocycles. The second kappa shape index (κ2) is 71.5. The fraction of sp³-hybridized carbons (Fsp3) is 0.684. The Morgan fingerprint density at radius 3 is 0.959 bits per heavy atom. The van der Waals surface area contributed by atoms with Gasteiger partial charge in [-0.3, -0.25) is 32.5 Å². The van der Waals surface area contributed by atoms with Gasteiger partial charge in [-0.05, 0) is 128 Å². The number of aliphatic hydroxyl groups excluding tert-OH is 2. The highest BCUT2D eigenvalue weighted by Gasteiger charge is 2.29. The fourth-order valence-corrected chi connectivity index (χ4v) is 11.2. The van der Waals surface area contributed by atoms with Crippen molar-refractivity contribution in [3.8, 4) is 0 Å². The number of hydrogen-bond donors (Lipinski definition) is 4. The smallest absolute Gasteiger partial charge is 0.463 e. The third-order valence-corrected chi connectivity index (χ3v) is 17.2. The van der Waals surface area contributed by atoms with Gasteiger partial charge in [-0.25, -0.2) is 9.13 Å². The lowest BCUT2D eigenvalue weighted by Gasteiger charge is -2.21. The molecule has 0 aliphatic carbocycles. The van der Waals surface area contributed by atoms with Gasteiger partial charge in [0.25, 0.3) is 0 Å². The van der Waals surface area contributed by atoms with Crippen LogP contribution in [0.25, 0.3) is 0 Å². The number of esters is 3. The number of hydrogen-bond acceptors (Lipinski definition) is 14. The Morgan fingerprint density at radius 1 is 0.299 bits per heavy atom. The molecule has 0 rings (SSSR count). The van der Waals surface area contributed by atoms with Gasteiger partial charge in [0.1, 0.15) is 25.4 Å². The van der Waals surface area contributed by atoms with Crippen molar-refractivity contribution >= 4 is 33.6 Å². The minimum Gasteiger partial charge on any atom is -0.463 e. The quantitative estimate of drug-likeness (QED) is 0.0146. The number of rotatable bonds is 70. The molecule has 0 aromatic rings. The Balaban J connectivity index is 4.54. The Labute approximate surface area is 588 Å². The van der Waals surface area contributed by atoms with Crippen LogP contribution in [0.15, 0.2) is 134 Å². The molecule has 0 spiro atoms. The largest absolute Gasteiger partial charge is 0.472 e. The fourth-order valence-electron chi connectivity index (χ4n) is 9.63. The van der Waals surface area contributed by atoms with E-state index < -0.39 is 91.5 Å². The van der Waals surface area contributed by atoms with Crippen molar-refractivity contribution in [2.75, 3.05) is 39.6 Å². The first-order valence-corrected chi connectivity index (χ1v) is 40.5. The molecule has 556 valence electrons. The summed E-state index contributed by atoms with van der Waals surface area (Å²) in [4.78, 5) is 58.4. The standard InChI is InChI=1S/C79H134O16P2/c1-4-7-10-13-16-19-22-25-27-29-31-32-33-34-35-36-37-38-39-40-42-44-45-48-50-53-56-59-62-65-77(82)89-68-74(80)69-91-96(85,86)92-70-75(81)71-93-97(87,88)94-73-76(95-79(84)67-64-61-58-55-52-47-24-21-18-15-12-9-6-3)72-90-78(83)66-63-60-57-54-51-49-46-43-41-30-28-26-23-20-17-14-11-8-5-2/h8,11,16-17,19-21,24-28,31-32,34-35,41,43,49,51,57,60,74-76,80-81H,4-7,9-10,12-15,18,22-23,29-30,33,36-40,42,44-48,50,52-56,58-59,61-73H2,1-3H3,(H,85,86)(H,87,88)/b11-8-,19-16-,20-17-,24-21-,27-25-,28-26-,32-31-,35-34-,43-41-,51-49-,60-57-. The van der Waals surface area contributed by atoms with E-state index in [2.05, 4.69) is 136 Å². The molecule has 0 heterocycles. The zero-order chi connectivity index (χ0) is 70.9. The van der Waals surface area contributed by atoms with Gasteiger partial charge in [-0.1, -0.05) is 276 Å². The summed E-state index contributed by atoms with van der Waals surface area (Å²) in [6, 6.07) is 0. The minimum absolute atomic E-state index is 0.0409. The molecule has 16 nitrogen and oxygen atoms in total. The first-order chi connectivity index (χ1) is 47.2. The van der Waals surface area contributed by atoms with Crippen molar-refractivity contribution < 1.29 is 75.8 Å². The van der Waals surface area contributed by atoms with Crippen LogP contribution in [-0.4, -0.2) is 95.9 Å². The van der Waals surface area contributed by atoms with Crippen LogP contribution in [0.5, 0.6) is 0 Å². The summed E-state index contributed by atoms with van der Waals surface area (Å²) in [6.07, 6.45) is 85.3. The molecular weight excluding hydrogens is 1270 g/mol. The van der Waals surface area contributed by atoms with E-state index >= 15 is 0 Å². The van der Waals surface area contributed by atoms with Crippen LogP contribution in [0.4, 0.5) is 0 Å². The molecule has 0 aromatic carbocycles. The molecule has 0 bridgehead atoms. The summed E-state index contributed by atoms with van der Waals surface area (Å²) in [5.41, 5.74) is 0. The van der Waals surface area contributed by atoms with Crippen molar-refractivity contribution in [3.63, 3.8) is 0 Å². The van der Waals surface area contributed by atoms with Gasteiger partial charge < -0.3 is 34.2 Å². The summed E-state index contributed by atoms with van der Waals surface area (Å²) in [7, 11) is -9.81. The van der Waals surface area contributed by atoms with Crippen molar-refractivity contribution in [1.82, 2.24) is 0 Å². The molecule has 18 heteroatoms. The third kappa shape index (κ3) is 72.8. The van der Waals surface area contributed by atoms with E-state index in [-0.39, 0.29) is 19.3 Å². The number of allylic oxidation sites excluding steroid dienone is 22. The molecule has 0 fully saturated rings. The predicted molar refractivity (Wildman–Crippen MR) is 399 cm³/mol. The van der Waals surface area contributed by atoms with Crippen molar-refractivity contribution in [2.24, 2.45) is 0 Å². The van der Waals surface area contributed by atoms with Crippen LogP contribution < -0.4 is 0 Å². The van der Waals surface area contributed by atoms with Gasteiger partial charge in [0.05, 0.1) is 26.4 Å². The minimum atomic E-state index is -4.95. The molecule has 4 N–H and O–H groups in total. The molecule has 5 unspecified atom stereocenters. The average Bonchev–Trinajstić information content (AvgIpc) is 2.57. The molecular formula is C79H134O16P2. The highest BCUT2D eigenvalue weighted by atomic mass is 31.2. The maximum atomic E-state index is 12.9. The monoisotopic (exact) mass is 1400 g/mol. The number of aliphatic hydroxyl groups is 2. The van der Waals surface area contributed by atoms with E-state index in [4.69, 9.17) is 32.3 Å². The van der Waals surface area contributed by atoms with Gasteiger partial charge in [0, 0.05) is 19.3 Å². The molecule has 0 aliphatic rings. The van der Waals surface area contributed by atoms with E-state index in [9.17, 15) is 43.5 Å². The van der Waals surface area contributed by atoms with E-state index in [1.54, 1.807) is 0 Å². The normalized spacial score (nSPS) is 14.8. The Morgan fingerprint density at radius 2 is 0.567 bits per heavy atom. The Kier molecular flexibility index (Phi) is 68.3. The van der Waals surface area contributed by atoms with Crippen LogP contribution in [0.3, 0.4) is 0 Å². The van der Waals surface area contributed by atoms with E-state index in [1.165, 1.54) is 109 Å². The first kappa shape index (κ1) is 92.7. The number of carbonyl (C=O) groups is 3. The molecule has 97 heavy (non-hydrogen) atoms. The molecule has 0 aromatic heterocycles. The Bertz CT molecular complexity index is 2300. The molecule has 0 radical (unpaired) electrons. The van der Waals surface area contributed by atoms with Crippen molar-refractivity contribution in [3.05, 3.63) is 134 Å². The predicted octanol–water partition coefficient (Wildman–Crippen LogP) is 21.5. The van der Waals surface area contributed by atoms with Gasteiger partial charge in [0.15, 0.2) is 6.10 Å². The topological polar surface area (TPSA) is 231 Å². The molecule has 0 amide bonds. The summed E-state index contributed by atoms with van der Waals surface area (Å²) >= 11 is 0. The van der Waals surface area contributed by atoms with E-state index in [1.807, 2.05) is 18.2 Å². The second-order valence-electron chi connectivity index (χ2n) is 24.7. The number of phosphoric ester groups is 2. The van der Waals surface area contributed by atoms with Gasteiger partial charge >= 0.3 is 33.6 Å². The van der Waals surface area contributed by atoms with E-state index in [0.717, 1.165) is 116 Å². The SMILES string of the molecule is CC/C=C\C/C=C\C/C=C\C/C=C\C/C=C\C/C=C\CCC(=O)OCC(COP(=O)(O)OCC(O)COP(=O)(O)OCC(O)COC(=O)CCCCCCCCCCCCCCC/C=C\C/C=C\C/C=C\C/C=C\CCCCC)OC(=O)CCCCCCC/C=C\CCCCCC. The zero-order valence-electron chi connectivity index (χ0n) is 60.5. The first-order valence-electron chi connectivity index (χ1n) is 37.5. The molecule has 0 saturated carbocycles. The highest BCUT2D eigenvalue weighted by Crippen LogP contribution is 2.45. The maximum absolute atomic E-state index is 12.9. The zero-order valence-corrected chi connectivity index (χ0v) is 62.2. The molecule has 0 saturated heterocycles.